The molecule has 9 fully saturated rings. The minimum absolute atomic E-state index is 1.50. The molecule has 0 heterocycles. The Morgan fingerprint density at radius 3 is 0.0909 bits per heavy atom. The van der Waals surface area contributed by atoms with E-state index in [-0.39, 0.29) is 0 Å². The first-order valence-corrected chi connectivity index (χ1v) is 16.5. The molecule has 0 saturated heterocycles. The topological polar surface area (TPSA) is 0 Å². The van der Waals surface area contributed by atoms with E-state index >= 15 is 0 Å². The fraction of sp³-hybridized carbons (Fsp3) is 1.00. The van der Waals surface area contributed by atoms with Gasteiger partial charge in [0.15, 0.2) is 0 Å². The standard InChI is InChI=1S/6C4H8.3C3H6/c6*1-2-4-3-1;3*1-2-3-1/h6*1-4H2;3*1-3H2. The van der Waals surface area contributed by atoms with Crippen molar-refractivity contribution in [2.24, 2.45) is 0 Å². The van der Waals surface area contributed by atoms with Crippen molar-refractivity contribution in [3.05, 3.63) is 0 Å². The van der Waals surface area contributed by atoms with Crippen LogP contribution in [0.3, 0.4) is 0 Å². The maximum atomic E-state index is 1.50. The Morgan fingerprint density at radius 2 is 0.0909 bits per heavy atom. The summed E-state index contributed by atoms with van der Waals surface area (Å²) in [4.78, 5) is 0. The highest BCUT2D eigenvalue weighted by Crippen LogP contribution is 2.17. The van der Waals surface area contributed by atoms with Crippen molar-refractivity contribution in [3.63, 3.8) is 0 Å². The molecule has 0 spiro atoms. The van der Waals surface area contributed by atoms with Crippen LogP contribution in [0.2, 0.25) is 0 Å². The summed E-state index contributed by atoms with van der Waals surface area (Å²) in [6.07, 6.45) is 49.5. The molecular formula is C33H66. The molecule has 0 aromatic heterocycles. The molecule has 0 amide bonds. The van der Waals surface area contributed by atoms with E-state index in [0.717, 1.165) is 0 Å². The van der Waals surface area contributed by atoms with Gasteiger partial charge in [-0.15, -0.1) is 0 Å². The van der Waals surface area contributed by atoms with Gasteiger partial charge < -0.3 is 0 Å². The molecule has 33 heavy (non-hydrogen) atoms. The van der Waals surface area contributed by atoms with Crippen LogP contribution in [0, 0.1) is 0 Å². The Kier molecular flexibility index (Phi) is 26.6. The Balaban J connectivity index is 0.000000186. The minimum atomic E-state index is 1.50. The molecule has 0 aromatic carbocycles. The summed E-state index contributed by atoms with van der Waals surface area (Å²) in [5.41, 5.74) is 0. The van der Waals surface area contributed by atoms with Crippen molar-refractivity contribution in [3.8, 4) is 0 Å². The van der Waals surface area contributed by atoms with Gasteiger partial charge in [0.25, 0.3) is 0 Å². The monoisotopic (exact) mass is 463 g/mol. The van der Waals surface area contributed by atoms with Gasteiger partial charge in [0.1, 0.15) is 0 Å². The van der Waals surface area contributed by atoms with Crippen molar-refractivity contribution in [1.29, 1.82) is 0 Å². The number of hydrogen-bond acceptors (Lipinski definition) is 0. The van der Waals surface area contributed by atoms with Crippen molar-refractivity contribution < 1.29 is 0 Å². The van der Waals surface area contributed by atoms with Crippen molar-refractivity contribution in [1.82, 2.24) is 0 Å². The molecule has 0 unspecified atom stereocenters. The van der Waals surface area contributed by atoms with E-state index in [9.17, 15) is 0 Å². The quantitative estimate of drug-likeness (QED) is 0.335. The van der Waals surface area contributed by atoms with Crippen LogP contribution < -0.4 is 0 Å². The second-order valence-corrected chi connectivity index (χ2v) is 11.7. The van der Waals surface area contributed by atoms with Crippen molar-refractivity contribution >= 4 is 0 Å². The van der Waals surface area contributed by atoms with Crippen molar-refractivity contribution in [2.75, 3.05) is 0 Å². The molecule has 0 N–H and O–H groups in total. The lowest BCUT2D eigenvalue weighted by Crippen LogP contribution is -1.85. The molecule has 0 aromatic rings. The van der Waals surface area contributed by atoms with E-state index in [0.29, 0.717) is 0 Å². The zero-order valence-corrected chi connectivity index (χ0v) is 23.3. The van der Waals surface area contributed by atoms with E-state index in [4.69, 9.17) is 0 Å². The van der Waals surface area contributed by atoms with E-state index in [1.807, 2.05) is 0 Å². The fourth-order valence-electron chi connectivity index (χ4n) is 1.50. The van der Waals surface area contributed by atoms with E-state index in [1.165, 1.54) is 212 Å². The lowest BCUT2D eigenvalue weighted by atomic mass is 10.0. The van der Waals surface area contributed by atoms with Crippen LogP contribution in [0.4, 0.5) is 0 Å². The predicted molar refractivity (Wildman–Crippen MR) is 152 cm³/mol. The molecule has 0 radical (unpaired) electrons. The highest BCUT2D eigenvalue weighted by molar-refractivity contribution is 4.53. The Hall–Kier alpha value is 0. The van der Waals surface area contributed by atoms with Gasteiger partial charge in [-0.2, -0.15) is 0 Å². The average Bonchev–Trinajstić information content (AvgIpc) is 3.37. The lowest BCUT2D eigenvalue weighted by molar-refractivity contribution is 0.504. The molecule has 9 aliphatic rings. The minimum Gasteiger partial charge on any atom is -0.0533 e. The normalized spacial score (nSPS) is 24.0. The third-order valence-electron chi connectivity index (χ3n) is 7.06. The third-order valence-corrected chi connectivity index (χ3v) is 7.06. The van der Waals surface area contributed by atoms with Gasteiger partial charge in [0.2, 0.25) is 0 Å². The van der Waals surface area contributed by atoms with Crippen LogP contribution in [0.5, 0.6) is 0 Å². The summed E-state index contributed by atoms with van der Waals surface area (Å²) >= 11 is 0. The first-order valence-electron chi connectivity index (χ1n) is 16.5. The van der Waals surface area contributed by atoms with E-state index in [2.05, 4.69) is 0 Å². The van der Waals surface area contributed by atoms with Crippen LogP contribution in [0.25, 0.3) is 0 Å². The van der Waals surface area contributed by atoms with Crippen LogP contribution in [0.15, 0.2) is 0 Å². The summed E-state index contributed by atoms with van der Waals surface area (Å²) in [7, 11) is 0. The fourth-order valence-corrected chi connectivity index (χ4v) is 1.50. The molecular weight excluding hydrogens is 396 g/mol. The second kappa shape index (κ2) is 28.2. The van der Waals surface area contributed by atoms with Gasteiger partial charge in [-0.05, 0) is 0 Å². The molecule has 9 aliphatic carbocycles. The molecule has 9 saturated carbocycles. The van der Waals surface area contributed by atoms with Gasteiger partial charge in [-0.1, -0.05) is 212 Å². The van der Waals surface area contributed by atoms with Crippen LogP contribution >= 0.6 is 0 Å². The van der Waals surface area contributed by atoms with Gasteiger partial charge in [-0.25, -0.2) is 0 Å². The Morgan fingerprint density at radius 1 is 0.0606 bits per heavy atom. The lowest BCUT2D eigenvalue weighted by Gasteiger charge is -2.05. The van der Waals surface area contributed by atoms with Gasteiger partial charge in [-0.3, -0.25) is 0 Å². The summed E-state index contributed by atoms with van der Waals surface area (Å²) in [6, 6.07) is 0. The molecule has 0 bridgehead atoms. The van der Waals surface area contributed by atoms with Crippen LogP contribution in [-0.4, -0.2) is 0 Å². The highest BCUT2D eigenvalue weighted by Gasteiger charge is 1.98. The molecule has 198 valence electrons. The third kappa shape index (κ3) is 39.5. The number of rotatable bonds is 0. The Labute approximate surface area is 211 Å². The smallest absolute Gasteiger partial charge is 0.0533 e. The molecule has 9 rings (SSSR count). The molecule has 0 atom stereocenters. The Bertz CT molecular complexity index is 194. The first kappa shape index (κ1) is 31.0. The maximum absolute atomic E-state index is 1.50. The number of hydrogen-bond donors (Lipinski definition) is 0. The van der Waals surface area contributed by atoms with Crippen LogP contribution in [-0.2, 0) is 0 Å². The first-order chi connectivity index (χ1) is 16.5. The summed E-state index contributed by atoms with van der Waals surface area (Å²) < 4.78 is 0. The molecule has 0 nitrogen and oxygen atoms in total. The molecule has 0 aliphatic heterocycles. The predicted octanol–water partition coefficient (Wildman–Crippen LogP) is 12.9. The summed E-state index contributed by atoms with van der Waals surface area (Å²) in [5.74, 6) is 0. The zero-order chi connectivity index (χ0) is 23.3. The second-order valence-electron chi connectivity index (χ2n) is 11.7. The van der Waals surface area contributed by atoms with Gasteiger partial charge >= 0.3 is 0 Å². The van der Waals surface area contributed by atoms with Gasteiger partial charge in [0.05, 0.1) is 0 Å². The maximum Gasteiger partial charge on any atom is -0.0533 e. The summed E-state index contributed by atoms with van der Waals surface area (Å²) in [6.45, 7) is 0. The highest BCUT2D eigenvalue weighted by atomic mass is 14.0. The largest absolute Gasteiger partial charge is 0.0533 e. The summed E-state index contributed by atoms with van der Waals surface area (Å²) in [5, 5.41) is 0. The van der Waals surface area contributed by atoms with E-state index in [1.54, 1.807) is 0 Å². The van der Waals surface area contributed by atoms with Gasteiger partial charge in [0, 0.05) is 0 Å². The SMILES string of the molecule is C1CC1.C1CC1.C1CC1.C1CCC1.C1CCC1.C1CCC1.C1CCC1.C1CCC1.C1CCC1. The average molecular weight is 463 g/mol. The van der Waals surface area contributed by atoms with Crippen molar-refractivity contribution in [2.45, 2.75) is 212 Å². The van der Waals surface area contributed by atoms with E-state index < -0.39 is 0 Å². The molecule has 0 heteroatoms. The zero-order valence-electron chi connectivity index (χ0n) is 23.3. The van der Waals surface area contributed by atoms with Crippen LogP contribution in [0.1, 0.15) is 212 Å².